The average Bonchev–Trinajstić information content (AvgIpc) is 3.09. The predicted molar refractivity (Wildman–Crippen MR) is 113 cm³/mol. The van der Waals surface area contributed by atoms with Crippen LogP contribution in [0.4, 0.5) is 5.82 Å². The lowest BCUT2D eigenvalue weighted by molar-refractivity contribution is -0.172. The van der Waals surface area contributed by atoms with Crippen molar-refractivity contribution >= 4 is 47.3 Å². The van der Waals surface area contributed by atoms with E-state index in [9.17, 15) is 35.5 Å². The Morgan fingerprint density at radius 2 is 1.32 bits per heavy atom. The highest BCUT2D eigenvalue weighted by Gasteiger charge is 2.56. The van der Waals surface area contributed by atoms with Gasteiger partial charge >= 0.3 is 0 Å². The summed E-state index contributed by atoms with van der Waals surface area (Å²) in [4.78, 5) is 11.9. The first-order valence-electron chi connectivity index (χ1n) is 9.17. The topological polar surface area (TPSA) is 252 Å². The van der Waals surface area contributed by atoms with E-state index in [1.54, 1.807) is 0 Å². The second kappa shape index (κ2) is 9.20. The molecule has 2 unspecified atom stereocenters. The number of aromatic nitrogens is 4. The van der Waals surface area contributed by atoms with Gasteiger partial charge in [0, 0.05) is 0 Å². The third kappa shape index (κ3) is 5.78. The zero-order valence-electron chi connectivity index (χ0n) is 17.8. The minimum atomic E-state index is -4.40. The van der Waals surface area contributed by atoms with E-state index in [0.717, 1.165) is 17.2 Å². The highest BCUT2D eigenvalue weighted by Crippen LogP contribution is 2.38. The summed E-state index contributed by atoms with van der Waals surface area (Å²) >= 11 is 0. The maximum Gasteiger partial charge on any atom is 0.264 e. The molecule has 0 spiro atoms. The van der Waals surface area contributed by atoms with Gasteiger partial charge in [0.25, 0.3) is 30.4 Å². The molecule has 34 heavy (non-hydrogen) atoms. The number of nitrogens with two attached hydrogens (primary N) is 1. The fraction of sp³-hybridized carbons (Fsp3) is 0.643. The lowest BCUT2D eigenvalue weighted by atomic mass is 9.83. The van der Waals surface area contributed by atoms with Crippen LogP contribution in [0.3, 0.4) is 0 Å². The molecule has 1 aliphatic carbocycles. The number of aliphatic hydroxyl groups is 2. The Kier molecular flexibility index (Phi) is 7.19. The average molecular weight is 547 g/mol. The molecule has 0 radical (unpaired) electrons. The zero-order valence-corrected chi connectivity index (χ0v) is 20.2. The molecule has 6 atom stereocenters. The van der Waals surface area contributed by atoms with Crippen molar-refractivity contribution in [3.05, 3.63) is 12.7 Å². The molecule has 2 aromatic heterocycles. The molecule has 192 valence electrons. The van der Waals surface area contributed by atoms with Crippen molar-refractivity contribution in [1.82, 2.24) is 19.5 Å². The van der Waals surface area contributed by atoms with Crippen LogP contribution in [0.15, 0.2) is 12.7 Å². The summed E-state index contributed by atoms with van der Waals surface area (Å²) < 4.78 is 86.9. The Morgan fingerprint density at radius 3 is 1.76 bits per heavy atom. The first-order valence-corrected chi connectivity index (χ1v) is 14.6. The van der Waals surface area contributed by atoms with Crippen LogP contribution in [0.2, 0.25) is 0 Å². The minimum Gasteiger partial charge on any atom is -0.388 e. The SMILES string of the molecule is CS(=O)(=O)OC1[C@@H](OS(C)(=O)=O)[C@@H](O)C(n2cnc3c(NN)ncnc32)[C@@H](O)[C@H]1OS(C)(=O)=O. The van der Waals surface area contributed by atoms with E-state index in [1.807, 2.05) is 0 Å². The molecule has 0 aliphatic heterocycles. The molecule has 17 nitrogen and oxygen atoms in total. The maximum atomic E-state index is 11.9. The molecule has 0 aromatic carbocycles. The normalized spacial score (nSPS) is 28.8. The number of rotatable bonds is 8. The molecule has 5 N–H and O–H groups in total. The van der Waals surface area contributed by atoms with Crippen LogP contribution >= 0.6 is 0 Å². The van der Waals surface area contributed by atoms with Gasteiger partial charge in [0.1, 0.15) is 36.8 Å². The summed E-state index contributed by atoms with van der Waals surface area (Å²) in [5, 5.41) is 22.1. The molecule has 0 saturated heterocycles. The Hall–Kier alpha value is -2.04. The quantitative estimate of drug-likeness (QED) is 0.142. The van der Waals surface area contributed by atoms with Crippen LogP contribution in [-0.2, 0) is 42.9 Å². The molecule has 1 fully saturated rings. The van der Waals surface area contributed by atoms with Gasteiger partial charge in [-0.25, -0.2) is 20.8 Å². The third-order valence-electron chi connectivity index (χ3n) is 4.70. The summed E-state index contributed by atoms with van der Waals surface area (Å²) in [6.45, 7) is 0. The summed E-state index contributed by atoms with van der Waals surface area (Å²) in [7, 11) is -13.1. The number of aliphatic hydroxyl groups excluding tert-OH is 2. The summed E-state index contributed by atoms with van der Waals surface area (Å²) in [6, 6.07) is -1.61. The van der Waals surface area contributed by atoms with Crippen molar-refractivity contribution in [2.24, 2.45) is 5.84 Å². The van der Waals surface area contributed by atoms with Crippen LogP contribution < -0.4 is 11.3 Å². The lowest BCUT2D eigenvalue weighted by Gasteiger charge is -2.45. The van der Waals surface area contributed by atoms with Crippen LogP contribution in [0.25, 0.3) is 11.2 Å². The van der Waals surface area contributed by atoms with Crippen molar-refractivity contribution in [3.63, 3.8) is 0 Å². The van der Waals surface area contributed by atoms with Crippen molar-refractivity contribution in [3.8, 4) is 0 Å². The molecule has 2 aromatic rings. The van der Waals surface area contributed by atoms with Gasteiger partial charge in [0.05, 0.1) is 31.1 Å². The summed E-state index contributed by atoms with van der Waals surface area (Å²) in [5.41, 5.74) is 2.35. The van der Waals surface area contributed by atoms with Crippen molar-refractivity contribution in [2.75, 3.05) is 24.2 Å². The molecule has 0 amide bonds. The van der Waals surface area contributed by atoms with Crippen molar-refractivity contribution in [2.45, 2.75) is 36.6 Å². The van der Waals surface area contributed by atoms with Crippen LogP contribution in [0.5, 0.6) is 0 Å². The van der Waals surface area contributed by atoms with Gasteiger partial charge in [-0.3, -0.25) is 12.5 Å². The number of hydrogen-bond donors (Lipinski definition) is 4. The Balaban J connectivity index is 2.22. The number of nitrogens with one attached hydrogen (secondary N) is 1. The molecule has 1 saturated carbocycles. The van der Waals surface area contributed by atoms with Crippen molar-refractivity contribution in [1.29, 1.82) is 0 Å². The first kappa shape index (κ1) is 26.6. The van der Waals surface area contributed by atoms with Crippen LogP contribution in [-0.4, -0.2) is 104 Å². The zero-order chi connectivity index (χ0) is 25.6. The third-order valence-corrected chi connectivity index (χ3v) is 6.41. The number of hydrazine groups is 1. The molecule has 3 rings (SSSR count). The van der Waals surface area contributed by atoms with Gasteiger partial charge < -0.3 is 20.2 Å². The monoisotopic (exact) mass is 546 g/mol. The van der Waals surface area contributed by atoms with E-state index in [0.29, 0.717) is 18.8 Å². The standard InChI is InChI=1S/C14H22N6O11S3/c1-32(23,24)29-10-8(21)7(20-5-18-6-13(19-15)16-4-17-14(6)20)9(22)11(30-33(2,25)26)12(10)31-34(3,27)28/h4-5,7-12,21-22H,15H2,1-3H3,(H,16,17,19)/t7?,8-,9+,10-,11+,12?. The Morgan fingerprint density at radius 1 is 0.853 bits per heavy atom. The van der Waals surface area contributed by atoms with Gasteiger partial charge in [0.2, 0.25) is 0 Å². The second-order valence-electron chi connectivity index (χ2n) is 7.46. The van der Waals surface area contributed by atoms with E-state index in [2.05, 4.69) is 20.4 Å². The van der Waals surface area contributed by atoms with Crippen LogP contribution in [0.1, 0.15) is 6.04 Å². The first-order chi connectivity index (χ1) is 15.5. The Labute approximate surface area is 194 Å². The number of nitrogens with zero attached hydrogens (tertiary/aromatic N) is 4. The maximum absolute atomic E-state index is 11.9. The van der Waals surface area contributed by atoms with Gasteiger partial charge in [-0.1, -0.05) is 0 Å². The fourth-order valence-electron chi connectivity index (χ4n) is 3.61. The van der Waals surface area contributed by atoms with E-state index in [-0.39, 0.29) is 17.0 Å². The van der Waals surface area contributed by atoms with Crippen LogP contribution in [0, 0.1) is 0 Å². The van der Waals surface area contributed by atoms with Gasteiger partial charge in [-0.05, 0) is 0 Å². The number of anilines is 1. The molecule has 20 heteroatoms. The molecular formula is C14H22N6O11S3. The number of hydrogen-bond acceptors (Lipinski definition) is 16. The summed E-state index contributed by atoms with van der Waals surface area (Å²) in [5.74, 6) is 5.45. The van der Waals surface area contributed by atoms with Crippen molar-refractivity contribution < 1.29 is 48.0 Å². The van der Waals surface area contributed by atoms with Gasteiger partial charge in [-0.2, -0.15) is 25.3 Å². The molecule has 0 bridgehead atoms. The van der Waals surface area contributed by atoms with E-state index < -0.39 is 66.9 Å². The van der Waals surface area contributed by atoms with E-state index >= 15 is 0 Å². The second-order valence-corrected chi connectivity index (χ2v) is 12.3. The predicted octanol–water partition coefficient (Wildman–Crippen LogP) is -3.58. The Bertz CT molecular complexity index is 1330. The van der Waals surface area contributed by atoms with Gasteiger partial charge in [0.15, 0.2) is 17.0 Å². The van der Waals surface area contributed by atoms with E-state index in [1.165, 1.54) is 0 Å². The fourth-order valence-corrected chi connectivity index (χ4v) is 5.49. The highest BCUT2D eigenvalue weighted by molar-refractivity contribution is 7.86. The molecule has 1 aliphatic rings. The largest absolute Gasteiger partial charge is 0.388 e. The number of imidazole rings is 1. The van der Waals surface area contributed by atoms with E-state index in [4.69, 9.17) is 18.4 Å². The van der Waals surface area contributed by atoms with Gasteiger partial charge in [-0.15, -0.1) is 0 Å². The number of nitrogen functional groups attached to an aromatic ring is 1. The minimum absolute atomic E-state index is 0.00950. The molecule has 2 heterocycles. The number of fused-ring (bicyclic) bond motifs is 1. The lowest BCUT2D eigenvalue weighted by Crippen LogP contribution is -2.64. The smallest absolute Gasteiger partial charge is 0.264 e. The summed E-state index contributed by atoms with van der Waals surface area (Å²) in [6.07, 6.45) is -6.21. The molecular weight excluding hydrogens is 524 g/mol. The highest BCUT2D eigenvalue weighted by atomic mass is 32.2.